The van der Waals surface area contributed by atoms with Gasteiger partial charge in [0.05, 0.1) is 4.90 Å². The second-order valence-electron chi connectivity index (χ2n) is 6.63. The molecule has 0 spiro atoms. The van der Waals surface area contributed by atoms with Crippen molar-refractivity contribution in [3.8, 4) is 0 Å². The fraction of sp³-hybridized carbons (Fsp3) is 0.471. The lowest BCUT2D eigenvalue weighted by Gasteiger charge is -2.17. The van der Waals surface area contributed by atoms with Crippen LogP contribution in [0.25, 0.3) is 0 Å². The van der Waals surface area contributed by atoms with Crippen molar-refractivity contribution in [2.75, 3.05) is 21.9 Å². The summed E-state index contributed by atoms with van der Waals surface area (Å²) in [5.41, 5.74) is 1.73. The minimum atomic E-state index is -3.74. The summed E-state index contributed by atoms with van der Waals surface area (Å²) in [4.78, 5) is 14.3. The fourth-order valence-corrected chi connectivity index (χ4v) is 5.95. The number of thioether (sulfide) groups is 1. The summed E-state index contributed by atoms with van der Waals surface area (Å²) in [6.07, 6.45) is 3.61. The third kappa shape index (κ3) is 3.97. The van der Waals surface area contributed by atoms with Crippen LogP contribution in [-0.4, -0.2) is 36.8 Å². The van der Waals surface area contributed by atoms with Gasteiger partial charge in [-0.05, 0) is 49.4 Å². The Morgan fingerprint density at radius 3 is 2.93 bits per heavy atom. The Bertz CT molecular complexity index is 970. The van der Waals surface area contributed by atoms with Crippen molar-refractivity contribution in [3.05, 3.63) is 23.8 Å². The molecule has 1 aliphatic carbocycles. The highest BCUT2D eigenvalue weighted by atomic mass is 32.2. The van der Waals surface area contributed by atoms with Gasteiger partial charge in [-0.15, -0.1) is 10.2 Å². The maximum atomic E-state index is 12.7. The highest BCUT2D eigenvalue weighted by molar-refractivity contribution is 8.01. The first-order valence-electron chi connectivity index (χ1n) is 8.91. The molecule has 27 heavy (non-hydrogen) atoms. The zero-order valence-corrected chi connectivity index (χ0v) is 17.3. The number of benzene rings is 1. The molecule has 1 aromatic heterocycles. The summed E-state index contributed by atoms with van der Waals surface area (Å²) >= 11 is 2.79. The van der Waals surface area contributed by atoms with Gasteiger partial charge in [0.25, 0.3) is 10.0 Å². The lowest BCUT2D eigenvalue weighted by atomic mass is 10.2. The third-order valence-corrected chi connectivity index (χ3v) is 8.15. The van der Waals surface area contributed by atoms with Crippen LogP contribution in [-0.2, 0) is 21.2 Å². The summed E-state index contributed by atoms with van der Waals surface area (Å²) in [5.74, 6) is 1.23. The number of anilines is 2. The molecule has 1 amide bonds. The summed E-state index contributed by atoms with van der Waals surface area (Å²) in [6.45, 7) is 2.70. The number of amides is 1. The van der Waals surface area contributed by atoms with Crippen LogP contribution in [0.2, 0.25) is 0 Å². The molecule has 0 radical (unpaired) electrons. The van der Waals surface area contributed by atoms with Crippen LogP contribution in [0, 0.1) is 5.92 Å². The van der Waals surface area contributed by atoms with E-state index in [1.165, 1.54) is 11.3 Å². The number of nitrogens with one attached hydrogen (secondary N) is 1. The lowest BCUT2D eigenvalue weighted by molar-refractivity contribution is -0.119. The van der Waals surface area contributed by atoms with E-state index in [9.17, 15) is 13.2 Å². The highest BCUT2D eigenvalue weighted by Crippen LogP contribution is 2.37. The van der Waals surface area contributed by atoms with Crippen LogP contribution >= 0.6 is 23.1 Å². The molecule has 0 unspecified atom stereocenters. The molecule has 10 heteroatoms. The summed E-state index contributed by atoms with van der Waals surface area (Å²) in [7, 11) is -3.74. The molecule has 1 aromatic carbocycles. The molecule has 1 saturated carbocycles. The molecule has 0 bridgehead atoms. The normalized spacial score (nSPS) is 16.4. The van der Waals surface area contributed by atoms with Gasteiger partial charge in [0.2, 0.25) is 11.0 Å². The molecule has 4 rings (SSSR count). The molecule has 0 saturated heterocycles. The van der Waals surface area contributed by atoms with Crippen LogP contribution in [0.15, 0.2) is 27.4 Å². The Morgan fingerprint density at radius 2 is 2.19 bits per heavy atom. The van der Waals surface area contributed by atoms with E-state index in [-0.39, 0.29) is 21.9 Å². The van der Waals surface area contributed by atoms with E-state index in [4.69, 9.17) is 0 Å². The monoisotopic (exact) mass is 424 g/mol. The van der Waals surface area contributed by atoms with Gasteiger partial charge in [-0.1, -0.05) is 30.0 Å². The zero-order chi connectivity index (χ0) is 19.0. The number of hydrogen-bond acceptors (Lipinski definition) is 7. The van der Waals surface area contributed by atoms with Gasteiger partial charge in [0.15, 0.2) is 4.34 Å². The zero-order valence-electron chi connectivity index (χ0n) is 14.8. The number of nitrogens with zero attached hydrogens (tertiary/aromatic N) is 3. The predicted octanol–water partition coefficient (Wildman–Crippen LogP) is 3.14. The molecule has 1 N–H and O–H groups in total. The van der Waals surface area contributed by atoms with Crippen LogP contribution in [0.4, 0.5) is 10.8 Å². The largest absolute Gasteiger partial charge is 0.312 e. The van der Waals surface area contributed by atoms with Crippen LogP contribution < -0.4 is 9.62 Å². The van der Waals surface area contributed by atoms with E-state index >= 15 is 0 Å². The number of carbonyl (C=O) groups is 1. The first-order valence-corrected chi connectivity index (χ1v) is 12.2. The predicted molar refractivity (Wildman–Crippen MR) is 107 cm³/mol. The molecular weight excluding hydrogens is 404 g/mol. The number of hydrogen-bond donors (Lipinski definition) is 1. The molecule has 1 aliphatic heterocycles. The Labute approximate surface area is 166 Å². The van der Waals surface area contributed by atoms with Gasteiger partial charge in [-0.3, -0.25) is 9.52 Å². The first kappa shape index (κ1) is 18.7. The molecular formula is C17H20N4O3S3. The number of rotatable bonds is 7. The van der Waals surface area contributed by atoms with Crippen LogP contribution in [0.3, 0.4) is 0 Å². The lowest BCUT2D eigenvalue weighted by Crippen LogP contribution is -2.30. The SMILES string of the molecule is CCCSc1nnc(NS(=O)(=O)c2ccc3c(c2)CCN3C(=O)C2CC2)s1. The van der Waals surface area contributed by atoms with E-state index in [2.05, 4.69) is 21.8 Å². The fourth-order valence-electron chi connectivity index (χ4n) is 3.00. The van der Waals surface area contributed by atoms with Crippen molar-refractivity contribution in [2.24, 2.45) is 5.92 Å². The van der Waals surface area contributed by atoms with E-state index in [1.54, 1.807) is 34.9 Å². The van der Waals surface area contributed by atoms with Crippen molar-refractivity contribution in [3.63, 3.8) is 0 Å². The number of aromatic nitrogens is 2. The minimum absolute atomic E-state index is 0.151. The molecule has 7 nitrogen and oxygen atoms in total. The average molecular weight is 425 g/mol. The van der Waals surface area contributed by atoms with E-state index in [0.717, 1.165) is 40.6 Å². The van der Waals surface area contributed by atoms with Gasteiger partial charge >= 0.3 is 0 Å². The van der Waals surface area contributed by atoms with Crippen molar-refractivity contribution in [1.29, 1.82) is 0 Å². The van der Waals surface area contributed by atoms with Gasteiger partial charge in [0.1, 0.15) is 0 Å². The number of sulfonamides is 1. The third-order valence-electron chi connectivity index (χ3n) is 4.51. The Kier molecular flexibility index (Phi) is 5.13. The Balaban J connectivity index is 1.51. The summed E-state index contributed by atoms with van der Waals surface area (Å²) in [5, 5.41) is 8.18. The summed E-state index contributed by atoms with van der Waals surface area (Å²) in [6, 6.07) is 4.94. The van der Waals surface area contributed by atoms with Gasteiger partial charge in [0, 0.05) is 23.9 Å². The Hall–Kier alpha value is -1.65. The maximum Gasteiger partial charge on any atom is 0.263 e. The molecule has 2 aliphatic rings. The average Bonchev–Trinajstić information content (AvgIpc) is 3.27. The smallest absolute Gasteiger partial charge is 0.263 e. The molecule has 144 valence electrons. The first-order chi connectivity index (χ1) is 13.0. The second-order valence-corrected chi connectivity index (χ2v) is 10.6. The topological polar surface area (TPSA) is 92.3 Å². The van der Waals surface area contributed by atoms with Crippen molar-refractivity contribution in [1.82, 2.24) is 10.2 Å². The molecule has 2 aromatic rings. The van der Waals surface area contributed by atoms with Crippen molar-refractivity contribution >= 4 is 49.8 Å². The van der Waals surface area contributed by atoms with Gasteiger partial charge in [-0.2, -0.15) is 0 Å². The van der Waals surface area contributed by atoms with E-state index in [1.807, 2.05) is 0 Å². The summed E-state index contributed by atoms with van der Waals surface area (Å²) < 4.78 is 28.7. The van der Waals surface area contributed by atoms with E-state index < -0.39 is 10.0 Å². The Morgan fingerprint density at radius 1 is 1.37 bits per heavy atom. The van der Waals surface area contributed by atoms with E-state index in [0.29, 0.717) is 13.0 Å². The molecule has 2 heterocycles. The number of carbonyl (C=O) groups excluding carboxylic acids is 1. The molecule has 0 atom stereocenters. The van der Waals surface area contributed by atoms with Gasteiger partial charge in [-0.25, -0.2) is 8.42 Å². The highest BCUT2D eigenvalue weighted by Gasteiger charge is 2.36. The standard InChI is InChI=1S/C17H20N4O3S3/c1-2-9-25-17-19-18-16(26-17)20-27(23,24)13-5-6-14-12(10-13)7-8-21(14)15(22)11-3-4-11/h5-6,10-11H,2-4,7-9H2,1H3,(H,18,20). The van der Waals surface area contributed by atoms with Gasteiger partial charge < -0.3 is 4.90 Å². The number of fused-ring (bicyclic) bond motifs is 1. The van der Waals surface area contributed by atoms with Crippen LogP contribution in [0.5, 0.6) is 0 Å². The maximum absolute atomic E-state index is 12.7. The van der Waals surface area contributed by atoms with Crippen molar-refractivity contribution in [2.45, 2.75) is 41.8 Å². The van der Waals surface area contributed by atoms with Crippen LogP contribution in [0.1, 0.15) is 31.7 Å². The second kappa shape index (κ2) is 7.40. The molecule has 1 fully saturated rings. The minimum Gasteiger partial charge on any atom is -0.312 e. The quantitative estimate of drug-likeness (QED) is 0.687. The van der Waals surface area contributed by atoms with Crippen molar-refractivity contribution < 1.29 is 13.2 Å².